The van der Waals surface area contributed by atoms with Crippen molar-refractivity contribution in [3.05, 3.63) is 48.6 Å². The van der Waals surface area contributed by atoms with Gasteiger partial charge >= 0.3 is 0 Å². The molecule has 0 bridgehead atoms. The molecule has 0 spiro atoms. The van der Waals surface area contributed by atoms with E-state index in [4.69, 9.17) is 18.9 Å². The second-order valence-electron chi connectivity index (χ2n) is 23.6. The Morgan fingerprint density at radius 2 is 0.790 bits per heavy atom. The van der Waals surface area contributed by atoms with Crippen LogP contribution < -0.4 is 5.32 Å². The maximum absolute atomic E-state index is 13.3. The maximum atomic E-state index is 13.3. The van der Waals surface area contributed by atoms with Gasteiger partial charge in [0.25, 0.3) is 0 Å². The van der Waals surface area contributed by atoms with Crippen LogP contribution >= 0.6 is 0 Å². The first kappa shape index (κ1) is 75.0. The largest absolute Gasteiger partial charge is 0.394 e. The summed E-state index contributed by atoms with van der Waals surface area (Å²) in [5.74, 6) is -0.254. The van der Waals surface area contributed by atoms with E-state index in [1.54, 1.807) is 6.08 Å². The molecule has 14 nitrogen and oxygen atoms in total. The quantitative estimate of drug-likeness (QED) is 0.0204. The molecule has 12 atom stereocenters. The first-order valence-corrected chi connectivity index (χ1v) is 33.4. The number of unbranched alkanes of at least 4 members (excludes halogenated alkanes) is 35. The lowest BCUT2D eigenvalue weighted by Crippen LogP contribution is -2.65. The summed E-state index contributed by atoms with van der Waals surface area (Å²) in [6.45, 7) is 2.80. The molecule has 9 N–H and O–H groups in total. The lowest BCUT2D eigenvalue weighted by molar-refractivity contribution is -0.359. The number of carbonyl (C=O) groups is 1. The first-order valence-electron chi connectivity index (χ1n) is 33.4. The van der Waals surface area contributed by atoms with Crippen molar-refractivity contribution < 1.29 is 64.6 Å². The summed E-state index contributed by atoms with van der Waals surface area (Å²) < 4.78 is 22.8. The third kappa shape index (κ3) is 37.2. The summed E-state index contributed by atoms with van der Waals surface area (Å²) in [5, 5.41) is 87.3. The molecule has 12 unspecified atom stereocenters. The fourth-order valence-electron chi connectivity index (χ4n) is 10.8. The van der Waals surface area contributed by atoms with Gasteiger partial charge in [0.15, 0.2) is 12.6 Å². The Bertz CT molecular complexity index is 1540. The fourth-order valence-corrected chi connectivity index (χ4v) is 10.8. The third-order valence-electron chi connectivity index (χ3n) is 16.2. The van der Waals surface area contributed by atoms with Gasteiger partial charge in [-0.05, 0) is 70.6 Å². The average molecular weight is 1150 g/mol. The molecule has 2 aliphatic rings. The van der Waals surface area contributed by atoms with E-state index in [1.807, 2.05) is 6.08 Å². The molecule has 2 rings (SSSR count). The normalized spacial score (nSPS) is 24.4. The molecule has 0 aliphatic carbocycles. The van der Waals surface area contributed by atoms with Gasteiger partial charge in [0.2, 0.25) is 5.91 Å². The first-order chi connectivity index (χ1) is 39.6. The lowest BCUT2D eigenvalue weighted by atomic mass is 9.97. The Labute approximate surface area is 493 Å². The highest BCUT2D eigenvalue weighted by atomic mass is 16.7. The van der Waals surface area contributed by atoms with Gasteiger partial charge in [-0.3, -0.25) is 4.79 Å². The zero-order valence-corrected chi connectivity index (χ0v) is 51.3. The molecular weight excluding hydrogens is 1030 g/mol. The predicted molar refractivity (Wildman–Crippen MR) is 327 cm³/mol. The Balaban J connectivity index is 1.73. The van der Waals surface area contributed by atoms with E-state index in [2.05, 4.69) is 55.6 Å². The topological polar surface area (TPSA) is 228 Å². The van der Waals surface area contributed by atoms with Crippen LogP contribution in [0.1, 0.15) is 277 Å². The summed E-state index contributed by atoms with van der Waals surface area (Å²) in [5.41, 5.74) is 0. The van der Waals surface area contributed by atoms with Gasteiger partial charge in [-0.2, -0.15) is 0 Å². The smallest absolute Gasteiger partial charge is 0.220 e. The summed E-state index contributed by atoms with van der Waals surface area (Å²) in [6.07, 6.45) is 50.2. The van der Waals surface area contributed by atoms with Crippen LogP contribution in [0.15, 0.2) is 48.6 Å². The number of hydrogen-bond acceptors (Lipinski definition) is 13. The second kappa shape index (κ2) is 52.3. The van der Waals surface area contributed by atoms with Crippen molar-refractivity contribution >= 4 is 5.91 Å². The summed E-state index contributed by atoms with van der Waals surface area (Å²) in [4.78, 5) is 13.3. The minimum Gasteiger partial charge on any atom is -0.394 e. The number of rotatable bonds is 54. The van der Waals surface area contributed by atoms with E-state index >= 15 is 0 Å². The van der Waals surface area contributed by atoms with Crippen molar-refractivity contribution in [2.75, 3.05) is 19.8 Å². The van der Waals surface area contributed by atoms with Crippen LogP contribution in [0.4, 0.5) is 0 Å². The molecule has 0 saturated carbocycles. The van der Waals surface area contributed by atoms with Gasteiger partial charge in [0.1, 0.15) is 48.8 Å². The highest BCUT2D eigenvalue weighted by Gasteiger charge is 2.51. The minimum absolute atomic E-state index is 0.254. The van der Waals surface area contributed by atoms with Crippen molar-refractivity contribution in [3.63, 3.8) is 0 Å². The van der Waals surface area contributed by atoms with E-state index in [1.165, 1.54) is 199 Å². The van der Waals surface area contributed by atoms with E-state index in [0.717, 1.165) is 44.9 Å². The Morgan fingerprint density at radius 3 is 1.21 bits per heavy atom. The minimum atomic E-state index is -1.79. The molecule has 2 saturated heterocycles. The van der Waals surface area contributed by atoms with Crippen molar-refractivity contribution in [1.82, 2.24) is 5.32 Å². The molecule has 0 radical (unpaired) electrons. The van der Waals surface area contributed by atoms with Crippen LogP contribution in [-0.4, -0.2) is 140 Å². The SMILES string of the molecule is CCCCCCCC/C=C\CCCCCCCCCCCC(=O)NC(COC1OC(CO)C(OC2OC(CO)C(O)C(O)C2O)C(O)C1O)C(O)/C=C/CC/C=C/CC/C=C/CCCCCCCCCCCCCCCCCCCC. The summed E-state index contributed by atoms with van der Waals surface area (Å²) in [6, 6.07) is -0.940. The number of aliphatic hydroxyl groups is 8. The van der Waals surface area contributed by atoms with E-state index in [0.29, 0.717) is 12.8 Å². The number of carbonyl (C=O) groups excluding carboxylic acids is 1. The molecule has 2 heterocycles. The zero-order valence-electron chi connectivity index (χ0n) is 51.3. The Kier molecular flexibility index (Phi) is 48.5. The van der Waals surface area contributed by atoms with Gasteiger partial charge in [-0.25, -0.2) is 0 Å². The number of hydrogen-bond donors (Lipinski definition) is 9. The van der Waals surface area contributed by atoms with Crippen molar-refractivity contribution in [2.45, 2.75) is 351 Å². The van der Waals surface area contributed by atoms with Crippen LogP contribution in [0, 0.1) is 0 Å². The highest BCUT2D eigenvalue weighted by molar-refractivity contribution is 5.76. The summed E-state index contributed by atoms with van der Waals surface area (Å²) in [7, 11) is 0. The molecule has 474 valence electrons. The zero-order chi connectivity index (χ0) is 58.8. The monoisotopic (exact) mass is 1150 g/mol. The van der Waals surface area contributed by atoms with Crippen molar-refractivity contribution in [2.24, 2.45) is 0 Å². The van der Waals surface area contributed by atoms with Crippen LogP contribution in [0.25, 0.3) is 0 Å². The number of ether oxygens (including phenoxy) is 4. The van der Waals surface area contributed by atoms with Crippen molar-refractivity contribution in [3.8, 4) is 0 Å². The molecule has 2 fully saturated rings. The number of nitrogens with one attached hydrogen (secondary N) is 1. The average Bonchev–Trinajstić information content (AvgIpc) is 3.63. The second-order valence-corrected chi connectivity index (χ2v) is 23.6. The fraction of sp³-hybridized carbons (Fsp3) is 0.866. The molecule has 14 heteroatoms. The Morgan fingerprint density at radius 1 is 0.432 bits per heavy atom. The van der Waals surface area contributed by atoms with Crippen molar-refractivity contribution in [1.29, 1.82) is 0 Å². The molecule has 0 aromatic carbocycles. The molecule has 1 amide bonds. The van der Waals surface area contributed by atoms with Gasteiger partial charge in [-0.1, -0.05) is 249 Å². The molecule has 0 aromatic rings. The van der Waals surface area contributed by atoms with Crippen LogP contribution in [0.5, 0.6) is 0 Å². The van der Waals surface area contributed by atoms with Crippen LogP contribution in [0.3, 0.4) is 0 Å². The van der Waals surface area contributed by atoms with Gasteiger partial charge < -0.3 is 65.1 Å². The summed E-state index contributed by atoms with van der Waals surface area (Å²) >= 11 is 0. The van der Waals surface area contributed by atoms with Crippen LogP contribution in [0.2, 0.25) is 0 Å². The molecular formula is C67H123NO13. The predicted octanol–water partition coefficient (Wildman–Crippen LogP) is 12.7. The number of aliphatic hydroxyl groups excluding tert-OH is 8. The molecule has 0 aromatic heterocycles. The maximum Gasteiger partial charge on any atom is 0.220 e. The van der Waals surface area contributed by atoms with Gasteiger partial charge in [0, 0.05) is 6.42 Å². The third-order valence-corrected chi connectivity index (χ3v) is 16.2. The van der Waals surface area contributed by atoms with Gasteiger partial charge in [0.05, 0.1) is 32.0 Å². The van der Waals surface area contributed by atoms with Crippen LogP contribution in [-0.2, 0) is 23.7 Å². The van der Waals surface area contributed by atoms with E-state index in [-0.39, 0.29) is 18.9 Å². The lowest BCUT2D eigenvalue weighted by Gasteiger charge is -2.46. The number of allylic oxidation sites excluding steroid dienone is 7. The Hall–Kier alpha value is -2.05. The van der Waals surface area contributed by atoms with Gasteiger partial charge in [-0.15, -0.1) is 0 Å². The standard InChI is InChI=1S/C67H123NO13/c1-3-5-7-9-11-13-15-17-19-21-23-24-25-26-27-28-29-30-31-33-34-36-38-40-42-44-46-48-50-56(71)55(68-59(72)51-49-47-45-43-41-39-37-35-32-22-20-18-16-14-12-10-8-6-4-2)54-78-66-64(77)62(75)65(58(53-70)80-66)81-67-63(76)61(74)60(73)57(52-69)79-67/h18,20,33-34,40,42,48,50,55-58,60-67,69-71,73-77H,3-17,19,21-32,35-39,41,43-47,49,51-54H2,1-2H3,(H,68,72)/b20-18-,34-33+,42-40+,50-48+. The highest BCUT2D eigenvalue weighted by Crippen LogP contribution is 2.30. The van der Waals surface area contributed by atoms with E-state index in [9.17, 15) is 45.6 Å². The number of amides is 1. The van der Waals surface area contributed by atoms with E-state index < -0.39 is 86.8 Å². The molecule has 2 aliphatic heterocycles. The molecule has 81 heavy (non-hydrogen) atoms.